The molecule has 2 aromatic carbocycles. The first-order chi connectivity index (χ1) is 9.87. The highest BCUT2D eigenvalue weighted by Gasteiger charge is 2.24. The van der Waals surface area contributed by atoms with E-state index in [1.54, 1.807) is 4.90 Å². The van der Waals surface area contributed by atoms with Gasteiger partial charge in [0.25, 0.3) is 0 Å². The first kappa shape index (κ1) is 15.6. The average molecular weight is 348 g/mol. The third kappa shape index (κ3) is 4.33. The Hall–Kier alpha value is -1.81. The number of rotatable bonds is 2. The summed E-state index contributed by atoms with van der Waals surface area (Å²) < 4.78 is 6.43. The topological polar surface area (TPSA) is 29.5 Å². The number of nitrogens with zero attached hydrogens (tertiary/aromatic N) is 1. The van der Waals surface area contributed by atoms with Gasteiger partial charge in [-0.25, -0.2) is 9.69 Å². The largest absolute Gasteiger partial charge is 0.443 e. The second-order valence-corrected chi connectivity index (χ2v) is 6.55. The van der Waals surface area contributed by atoms with Crippen LogP contribution in [-0.2, 0) is 4.74 Å². The van der Waals surface area contributed by atoms with Crippen molar-refractivity contribution in [3.8, 4) is 0 Å². The predicted octanol–water partition coefficient (Wildman–Crippen LogP) is 5.52. The van der Waals surface area contributed by atoms with E-state index < -0.39 is 11.7 Å². The number of carbonyl (C=O) groups is 1. The van der Waals surface area contributed by atoms with E-state index >= 15 is 0 Å². The zero-order valence-corrected chi connectivity index (χ0v) is 13.9. The van der Waals surface area contributed by atoms with E-state index in [0.29, 0.717) is 0 Å². The molecule has 110 valence electrons. The van der Waals surface area contributed by atoms with Crippen LogP contribution in [-0.4, -0.2) is 11.7 Å². The van der Waals surface area contributed by atoms with Crippen LogP contribution in [0.5, 0.6) is 0 Å². The summed E-state index contributed by atoms with van der Waals surface area (Å²) >= 11 is 3.43. The predicted molar refractivity (Wildman–Crippen MR) is 89.0 cm³/mol. The van der Waals surface area contributed by atoms with Gasteiger partial charge in [0.05, 0.1) is 11.4 Å². The van der Waals surface area contributed by atoms with Crippen LogP contribution in [0.4, 0.5) is 16.2 Å². The van der Waals surface area contributed by atoms with Crippen molar-refractivity contribution in [2.45, 2.75) is 26.4 Å². The Morgan fingerprint density at radius 2 is 1.62 bits per heavy atom. The highest BCUT2D eigenvalue weighted by atomic mass is 79.9. The van der Waals surface area contributed by atoms with E-state index in [-0.39, 0.29) is 0 Å². The van der Waals surface area contributed by atoms with Gasteiger partial charge in [0.2, 0.25) is 0 Å². The second-order valence-electron chi connectivity index (χ2n) is 5.63. The summed E-state index contributed by atoms with van der Waals surface area (Å²) in [7, 11) is 0. The molecule has 0 aromatic heterocycles. The number of amides is 1. The third-order valence-corrected chi connectivity index (χ3v) is 3.15. The molecular formula is C17H18BrNO2. The minimum absolute atomic E-state index is 0.396. The Morgan fingerprint density at radius 1 is 1.00 bits per heavy atom. The number of anilines is 2. The average Bonchev–Trinajstić information content (AvgIpc) is 2.38. The number of benzene rings is 2. The maximum absolute atomic E-state index is 12.6. The van der Waals surface area contributed by atoms with Crippen LogP contribution < -0.4 is 4.90 Å². The molecule has 1 amide bonds. The van der Waals surface area contributed by atoms with E-state index in [9.17, 15) is 4.79 Å². The van der Waals surface area contributed by atoms with Gasteiger partial charge < -0.3 is 4.74 Å². The van der Waals surface area contributed by atoms with Crippen LogP contribution in [0.15, 0.2) is 59.1 Å². The van der Waals surface area contributed by atoms with Crippen LogP contribution in [0.25, 0.3) is 0 Å². The monoisotopic (exact) mass is 347 g/mol. The summed E-state index contributed by atoms with van der Waals surface area (Å²) in [5, 5.41) is 0. The molecule has 2 rings (SSSR count). The summed E-state index contributed by atoms with van der Waals surface area (Å²) in [5.74, 6) is 0. The van der Waals surface area contributed by atoms with Gasteiger partial charge in [-0.05, 0) is 51.1 Å². The molecule has 0 spiro atoms. The molecule has 0 saturated carbocycles. The molecule has 0 aliphatic heterocycles. The van der Waals surface area contributed by atoms with Crippen LogP contribution >= 0.6 is 15.9 Å². The summed E-state index contributed by atoms with van der Waals surface area (Å²) in [4.78, 5) is 14.1. The van der Waals surface area contributed by atoms with Crippen LogP contribution in [0.1, 0.15) is 20.8 Å². The fourth-order valence-electron chi connectivity index (χ4n) is 1.86. The van der Waals surface area contributed by atoms with Crippen molar-refractivity contribution in [2.75, 3.05) is 4.90 Å². The zero-order valence-electron chi connectivity index (χ0n) is 12.3. The van der Waals surface area contributed by atoms with Gasteiger partial charge in [0, 0.05) is 4.47 Å². The molecule has 0 unspecified atom stereocenters. The maximum Gasteiger partial charge on any atom is 0.419 e. The Morgan fingerprint density at radius 3 is 2.19 bits per heavy atom. The van der Waals surface area contributed by atoms with Crippen LogP contribution in [0.3, 0.4) is 0 Å². The smallest absolute Gasteiger partial charge is 0.419 e. The highest BCUT2D eigenvalue weighted by molar-refractivity contribution is 9.10. The van der Waals surface area contributed by atoms with Crippen molar-refractivity contribution in [1.29, 1.82) is 0 Å². The van der Waals surface area contributed by atoms with Gasteiger partial charge in [0.1, 0.15) is 5.60 Å². The van der Waals surface area contributed by atoms with Crippen molar-refractivity contribution < 1.29 is 9.53 Å². The van der Waals surface area contributed by atoms with E-state index in [1.165, 1.54) is 0 Å². The first-order valence-corrected chi connectivity index (χ1v) is 7.50. The molecule has 4 heteroatoms. The maximum atomic E-state index is 12.6. The van der Waals surface area contributed by atoms with Crippen molar-refractivity contribution >= 4 is 33.4 Å². The number of hydrogen-bond acceptors (Lipinski definition) is 2. The van der Waals surface area contributed by atoms with E-state index in [1.807, 2.05) is 75.4 Å². The molecule has 0 N–H and O–H groups in total. The summed E-state index contributed by atoms with van der Waals surface area (Å²) in [6.45, 7) is 5.57. The van der Waals surface area contributed by atoms with Crippen molar-refractivity contribution in [1.82, 2.24) is 0 Å². The van der Waals surface area contributed by atoms with Crippen molar-refractivity contribution in [2.24, 2.45) is 0 Å². The number of hydrogen-bond donors (Lipinski definition) is 0. The SMILES string of the molecule is CC(C)(C)OC(=O)N(c1ccccc1)c1cccc(Br)c1. The van der Waals surface area contributed by atoms with E-state index in [2.05, 4.69) is 15.9 Å². The molecule has 3 nitrogen and oxygen atoms in total. The lowest BCUT2D eigenvalue weighted by Gasteiger charge is -2.27. The standard InChI is InChI=1S/C17H18BrNO2/c1-17(2,3)21-16(20)19(14-9-5-4-6-10-14)15-11-7-8-13(18)12-15/h4-12H,1-3H3. The number of carbonyl (C=O) groups excluding carboxylic acids is 1. The van der Waals surface area contributed by atoms with Crippen molar-refractivity contribution in [3.05, 3.63) is 59.1 Å². The lowest BCUT2D eigenvalue weighted by molar-refractivity contribution is 0.0599. The molecule has 0 radical (unpaired) electrons. The molecule has 0 heterocycles. The lowest BCUT2D eigenvalue weighted by Crippen LogP contribution is -2.33. The summed E-state index contributed by atoms with van der Waals surface area (Å²) in [5.41, 5.74) is 0.977. The van der Waals surface area contributed by atoms with Gasteiger partial charge in [-0.2, -0.15) is 0 Å². The van der Waals surface area contributed by atoms with Crippen molar-refractivity contribution in [3.63, 3.8) is 0 Å². The highest BCUT2D eigenvalue weighted by Crippen LogP contribution is 2.29. The molecule has 2 aromatic rings. The molecule has 0 saturated heterocycles. The van der Waals surface area contributed by atoms with Crippen LogP contribution in [0, 0.1) is 0 Å². The Kier molecular flexibility index (Phi) is 4.68. The second kappa shape index (κ2) is 6.31. The lowest BCUT2D eigenvalue weighted by atomic mass is 10.2. The zero-order chi connectivity index (χ0) is 15.5. The molecule has 0 bridgehead atoms. The first-order valence-electron chi connectivity index (χ1n) is 6.70. The van der Waals surface area contributed by atoms with Gasteiger partial charge in [0.15, 0.2) is 0 Å². The fourth-order valence-corrected chi connectivity index (χ4v) is 2.25. The molecule has 0 atom stereocenters. The molecular weight excluding hydrogens is 330 g/mol. The Balaban J connectivity index is 2.43. The van der Waals surface area contributed by atoms with Gasteiger partial charge in [-0.15, -0.1) is 0 Å². The third-order valence-electron chi connectivity index (χ3n) is 2.66. The Bertz CT molecular complexity index is 620. The molecule has 0 aliphatic rings. The Labute approximate surface area is 133 Å². The minimum atomic E-state index is -0.546. The summed E-state index contributed by atoms with van der Waals surface area (Å²) in [6, 6.07) is 17.0. The molecule has 0 fully saturated rings. The normalized spacial score (nSPS) is 11.0. The molecule has 0 aliphatic carbocycles. The minimum Gasteiger partial charge on any atom is -0.443 e. The van der Waals surface area contributed by atoms with Gasteiger partial charge in [-0.3, -0.25) is 0 Å². The number of ether oxygens (including phenoxy) is 1. The number of para-hydroxylation sites is 1. The van der Waals surface area contributed by atoms with Gasteiger partial charge >= 0.3 is 6.09 Å². The summed E-state index contributed by atoms with van der Waals surface area (Å²) in [6.07, 6.45) is -0.396. The van der Waals surface area contributed by atoms with Crippen LogP contribution in [0.2, 0.25) is 0 Å². The van der Waals surface area contributed by atoms with Gasteiger partial charge in [-0.1, -0.05) is 40.2 Å². The quantitative estimate of drug-likeness (QED) is 0.715. The molecule has 21 heavy (non-hydrogen) atoms. The van der Waals surface area contributed by atoms with E-state index in [0.717, 1.165) is 15.8 Å². The van der Waals surface area contributed by atoms with E-state index in [4.69, 9.17) is 4.74 Å². The number of halogens is 1. The fraction of sp³-hybridized carbons (Fsp3) is 0.235.